The van der Waals surface area contributed by atoms with Crippen LogP contribution in [0.3, 0.4) is 0 Å². The van der Waals surface area contributed by atoms with E-state index >= 15 is 0 Å². The van der Waals surface area contributed by atoms with Crippen molar-refractivity contribution in [2.75, 3.05) is 16.9 Å². The second-order valence-corrected chi connectivity index (χ2v) is 10.4. The Hall–Kier alpha value is -3.80. The van der Waals surface area contributed by atoms with Gasteiger partial charge in [0.05, 0.1) is 34.2 Å². The number of carbonyl (C=O) groups is 1. The molecule has 34 heavy (non-hydrogen) atoms. The molecule has 3 N–H and O–H groups in total. The Balaban J connectivity index is 1.56. The maximum Gasteiger partial charge on any atom is 0.231 e. The lowest BCUT2D eigenvalue weighted by atomic mass is 10.1. The highest BCUT2D eigenvalue weighted by Crippen LogP contribution is 2.36. The van der Waals surface area contributed by atoms with Crippen LogP contribution in [-0.4, -0.2) is 51.3 Å². The van der Waals surface area contributed by atoms with Crippen LogP contribution < -0.4 is 10.6 Å². The van der Waals surface area contributed by atoms with Gasteiger partial charge < -0.3 is 20.2 Å². The van der Waals surface area contributed by atoms with Crippen LogP contribution in [0.1, 0.15) is 12.2 Å². The lowest BCUT2D eigenvalue weighted by molar-refractivity contribution is -0.117. The molecule has 1 fully saturated rings. The first-order valence-electron chi connectivity index (χ1n) is 10.5. The average Bonchev–Trinajstić information content (AvgIpc) is 3.14. The molecule has 4 aromatic rings. The highest BCUT2D eigenvalue weighted by molar-refractivity contribution is 7.90. The van der Waals surface area contributed by atoms with Crippen molar-refractivity contribution in [1.82, 2.24) is 24.5 Å². The van der Waals surface area contributed by atoms with Crippen LogP contribution in [0.2, 0.25) is 0 Å². The van der Waals surface area contributed by atoms with Crippen LogP contribution >= 0.6 is 0 Å². The number of nitrogens with one attached hydrogen (secondary N) is 3. The summed E-state index contributed by atoms with van der Waals surface area (Å²) in [5, 5.41) is 5.77. The lowest BCUT2D eigenvalue weighted by Gasteiger charge is -2.14. The smallest absolute Gasteiger partial charge is 0.231 e. The largest absolute Gasteiger partial charge is 0.352 e. The number of H-pyrrole nitrogens is 1. The van der Waals surface area contributed by atoms with Gasteiger partial charge in [0.25, 0.3) is 0 Å². The zero-order valence-corrected chi connectivity index (χ0v) is 19.4. The summed E-state index contributed by atoms with van der Waals surface area (Å²) in [6.07, 6.45) is 3.63. The van der Waals surface area contributed by atoms with Crippen LogP contribution in [0.15, 0.2) is 41.7 Å². The minimum absolute atomic E-state index is 0.0803. The zero-order valence-electron chi connectivity index (χ0n) is 18.6. The Labute approximate surface area is 194 Å². The molecule has 0 aliphatic heterocycles. The van der Waals surface area contributed by atoms with E-state index in [4.69, 9.17) is 0 Å². The standard InChI is InChI=1S/C22H22FN7O3S/c1-11-25-20-16(8-19(28-21(20)26-11)29-22(31)13-7-14(13)23)27-15-5-4-12(6-18(15)34(3,32)33)17-9-30(2)10-24-17/h4-6,8-10,13-14H,7H2,1-3H3,(H3,25,26,27,28,29,31)/t13-,14+/m1/s1. The van der Waals surface area contributed by atoms with Crippen molar-refractivity contribution in [1.29, 1.82) is 0 Å². The monoisotopic (exact) mass is 483 g/mol. The van der Waals surface area contributed by atoms with Crippen molar-refractivity contribution in [2.45, 2.75) is 24.4 Å². The SMILES string of the molecule is Cc1nc2c(Nc3ccc(-c4cn(C)cn4)cc3S(C)(=O)=O)cc(NC(=O)[C@@H]3C[C@@H]3F)nc2[nH]1. The highest BCUT2D eigenvalue weighted by atomic mass is 32.2. The molecule has 0 unspecified atom stereocenters. The summed E-state index contributed by atoms with van der Waals surface area (Å²) in [5.74, 6) is -0.325. The number of benzene rings is 1. The van der Waals surface area contributed by atoms with Gasteiger partial charge in [-0.25, -0.2) is 27.8 Å². The Morgan fingerprint density at radius 2 is 2.00 bits per heavy atom. The molecule has 1 amide bonds. The first-order chi connectivity index (χ1) is 16.1. The summed E-state index contributed by atoms with van der Waals surface area (Å²) >= 11 is 0. The number of imidazole rings is 2. The Bertz CT molecular complexity index is 1540. The fourth-order valence-corrected chi connectivity index (χ4v) is 4.58. The van der Waals surface area contributed by atoms with E-state index in [0.29, 0.717) is 39.6 Å². The number of fused-ring (bicyclic) bond motifs is 1. The minimum Gasteiger partial charge on any atom is -0.352 e. The van der Waals surface area contributed by atoms with Crippen LogP contribution in [0, 0.1) is 12.8 Å². The molecule has 12 heteroatoms. The molecule has 1 aliphatic carbocycles. The van der Waals surface area contributed by atoms with Crippen molar-refractivity contribution in [2.24, 2.45) is 13.0 Å². The van der Waals surface area contributed by atoms with Crippen LogP contribution in [0.5, 0.6) is 0 Å². The van der Waals surface area contributed by atoms with E-state index in [1.165, 1.54) is 0 Å². The normalized spacial score (nSPS) is 17.6. The number of carbonyl (C=O) groups excluding carboxylic acids is 1. The van der Waals surface area contributed by atoms with E-state index in [1.54, 1.807) is 48.3 Å². The van der Waals surface area contributed by atoms with Crippen molar-refractivity contribution in [3.8, 4) is 11.3 Å². The number of anilines is 3. The molecule has 1 aromatic carbocycles. The molecule has 1 aliphatic rings. The third kappa shape index (κ3) is 4.23. The predicted octanol–water partition coefficient (Wildman–Crippen LogP) is 3.11. The van der Waals surface area contributed by atoms with Gasteiger partial charge in [0.1, 0.15) is 23.3 Å². The molecular formula is C22H22FN7O3S. The third-order valence-electron chi connectivity index (χ3n) is 5.52. The molecule has 0 bridgehead atoms. The molecule has 0 saturated heterocycles. The van der Waals surface area contributed by atoms with E-state index in [2.05, 4.69) is 30.6 Å². The molecule has 0 spiro atoms. The lowest BCUT2D eigenvalue weighted by Crippen LogP contribution is -2.16. The summed E-state index contributed by atoms with van der Waals surface area (Å²) in [6.45, 7) is 1.76. The first kappa shape index (κ1) is 22.0. The van der Waals surface area contributed by atoms with Gasteiger partial charge in [0.2, 0.25) is 5.91 Å². The van der Waals surface area contributed by atoms with Gasteiger partial charge in [-0.15, -0.1) is 0 Å². The number of aromatic nitrogens is 5. The molecule has 10 nitrogen and oxygen atoms in total. The quantitative estimate of drug-likeness (QED) is 0.383. The van der Waals surface area contributed by atoms with Gasteiger partial charge in [-0.1, -0.05) is 6.07 Å². The number of hydrogen-bond acceptors (Lipinski definition) is 7. The maximum absolute atomic E-state index is 13.3. The van der Waals surface area contributed by atoms with Crippen LogP contribution in [0.25, 0.3) is 22.4 Å². The molecule has 3 heterocycles. The molecule has 5 rings (SSSR count). The summed E-state index contributed by atoms with van der Waals surface area (Å²) in [6, 6.07) is 6.53. The van der Waals surface area contributed by atoms with Gasteiger partial charge in [0.15, 0.2) is 15.5 Å². The van der Waals surface area contributed by atoms with Crippen LogP contribution in [-0.2, 0) is 21.7 Å². The highest BCUT2D eigenvalue weighted by Gasteiger charge is 2.43. The third-order valence-corrected chi connectivity index (χ3v) is 6.66. The first-order valence-corrected chi connectivity index (χ1v) is 12.4. The number of hydrogen-bond donors (Lipinski definition) is 3. The van der Waals surface area contributed by atoms with Gasteiger partial charge >= 0.3 is 0 Å². The van der Waals surface area contributed by atoms with Gasteiger partial charge in [-0.05, 0) is 25.5 Å². The van der Waals surface area contributed by atoms with E-state index in [9.17, 15) is 17.6 Å². The van der Waals surface area contributed by atoms with E-state index in [-0.39, 0.29) is 17.1 Å². The van der Waals surface area contributed by atoms with E-state index < -0.39 is 27.8 Å². The second kappa shape index (κ2) is 7.90. The number of nitrogens with zero attached hydrogens (tertiary/aromatic N) is 4. The summed E-state index contributed by atoms with van der Waals surface area (Å²) in [5.41, 5.74) is 2.94. The number of halogens is 1. The number of alkyl halides is 1. The van der Waals surface area contributed by atoms with Crippen molar-refractivity contribution >= 4 is 44.1 Å². The zero-order chi connectivity index (χ0) is 24.2. The van der Waals surface area contributed by atoms with Crippen LogP contribution in [0.4, 0.5) is 21.6 Å². The van der Waals surface area contributed by atoms with E-state index in [1.807, 2.05) is 7.05 Å². The number of sulfone groups is 1. The minimum atomic E-state index is -3.62. The average molecular weight is 484 g/mol. The number of pyridine rings is 1. The number of aryl methyl sites for hydroxylation is 2. The number of rotatable bonds is 6. The van der Waals surface area contributed by atoms with Gasteiger partial charge in [-0.2, -0.15) is 0 Å². The topological polar surface area (TPSA) is 135 Å². The number of aromatic amines is 1. The van der Waals surface area contributed by atoms with E-state index in [0.717, 1.165) is 6.26 Å². The summed E-state index contributed by atoms with van der Waals surface area (Å²) in [4.78, 5) is 28.4. The second-order valence-electron chi connectivity index (χ2n) is 8.45. The fraction of sp³-hybridized carbons (Fsp3) is 0.273. The maximum atomic E-state index is 13.3. The Morgan fingerprint density at radius 3 is 2.65 bits per heavy atom. The van der Waals surface area contributed by atoms with Crippen molar-refractivity contribution in [3.63, 3.8) is 0 Å². The van der Waals surface area contributed by atoms with Gasteiger partial charge in [0, 0.05) is 31.1 Å². The summed E-state index contributed by atoms with van der Waals surface area (Å²) < 4.78 is 40.3. The van der Waals surface area contributed by atoms with Crippen molar-refractivity contribution in [3.05, 3.63) is 42.6 Å². The molecule has 3 aromatic heterocycles. The molecule has 1 saturated carbocycles. The fourth-order valence-electron chi connectivity index (χ4n) is 3.72. The molecule has 176 valence electrons. The molecule has 0 radical (unpaired) electrons. The molecule has 2 atom stereocenters. The Kier molecular flexibility index (Phi) is 5.12. The van der Waals surface area contributed by atoms with Gasteiger partial charge in [-0.3, -0.25) is 4.79 Å². The van der Waals surface area contributed by atoms with Crippen molar-refractivity contribution < 1.29 is 17.6 Å². The number of amides is 1. The summed E-state index contributed by atoms with van der Waals surface area (Å²) in [7, 11) is -1.78. The predicted molar refractivity (Wildman–Crippen MR) is 125 cm³/mol. The molecular weight excluding hydrogens is 461 g/mol. The Morgan fingerprint density at radius 1 is 1.24 bits per heavy atom.